The lowest BCUT2D eigenvalue weighted by atomic mass is 10.1. The summed E-state index contributed by atoms with van der Waals surface area (Å²) in [4.78, 5) is 15.2. The first-order valence-electron chi connectivity index (χ1n) is 5.57. The van der Waals surface area contributed by atoms with Crippen molar-refractivity contribution < 1.29 is 9.90 Å². The minimum Gasteiger partial charge on any atom is -0.391 e. The maximum atomic E-state index is 11.5. The first kappa shape index (κ1) is 13.4. The Bertz CT molecular complexity index is 363. The predicted octanol–water partition coefficient (Wildman–Crippen LogP) is -0.616. The summed E-state index contributed by atoms with van der Waals surface area (Å²) in [6.45, 7) is 4.34. The number of nitrogen functional groups attached to an aromatic ring is 1. The number of rotatable bonds is 6. The van der Waals surface area contributed by atoms with E-state index in [-0.39, 0.29) is 24.9 Å². The predicted molar refractivity (Wildman–Crippen MR) is 62.9 cm³/mol. The lowest BCUT2D eigenvalue weighted by Gasteiger charge is -2.13. The van der Waals surface area contributed by atoms with Gasteiger partial charge in [0.05, 0.1) is 6.10 Å². The summed E-state index contributed by atoms with van der Waals surface area (Å²) in [7, 11) is 0. The van der Waals surface area contributed by atoms with Crippen LogP contribution in [0.15, 0.2) is 6.33 Å². The quantitative estimate of drug-likeness (QED) is 0.615. The molecule has 0 saturated heterocycles. The molecule has 0 radical (unpaired) electrons. The van der Waals surface area contributed by atoms with Crippen LogP contribution >= 0.6 is 0 Å². The summed E-state index contributed by atoms with van der Waals surface area (Å²) < 4.78 is 1.35. The summed E-state index contributed by atoms with van der Waals surface area (Å²) in [5, 5.41) is 16.0. The molecule has 0 aliphatic carbocycles. The van der Waals surface area contributed by atoms with Gasteiger partial charge in [-0.3, -0.25) is 4.79 Å². The Hall–Kier alpha value is -1.63. The topological polar surface area (TPSA) is 106 Å². The van der Waals surface area contributed by atoms with Gasteiger partial charge in [-0.05, 0) is 12.3 Å². The van der Waals surface area contributed by atoms with E-state index < -0.39 is 6.10 Å². The molecule has 0 spiro atoms. The molecule has 0 aliphatic rings. The van der Waals surface area contributed by atoms with Gasteiger partial charge in [0.15, 0.2) is 0 Å². The van der Waals surface area contributed by atoms with Gasteiger partial charge in [0.1, 0.15) is 12.9 Å². The highest BCUT2D eigenvalue weighted by Gasteiger charge is 2.09. The Morgan fingerprint density at radius 1 is 1.65 bits per heavy atom. The molecule has 1 heterocycles. The van der Waals surface area contributed by atoms with Crippen molar-refractivity contribution in [3.63, 3.8) is 0 Å². The third-order valence-corrected chi connectivity index (χ3v) is 2.14. The van der Waals surface area contributed by atoms with Crippen LogP contribution in [0.1, 0.15) is 20.3 Å². The van der Waals surface area contributed by atoms with Crippen LogP contribution in [0.4, 0.5) is 5.95 Å². The van der Waals surface area contributed by atoms with Gasteiger partial charge >= 0.3 is 0 Å². The van der Waals surface area contributed by atoms with Crippen LogP contribution in [0, 0.1) is 5.92 Å². The van der Waals surface area contributed by atoms with Crippen LogP contribution in [0.3, 0.4) is 0 Å². The second-order valence-electron chi connectivity index (χ2n) is 4.39. The standard InChI is InChI=1S/C10H19N5O2/c1-7(2)3-8(16)4-12-9(17)5-15-6-13-10(11)14-15/h6-8,16H,3-5H2,1-2H3,(H2,11,14)(H,12,17). The number of nitrogens with two attached hydrogens (primary N) is 1. The van der Waals surface area contributed by atoms with Crippen molar-refractivity contribution >= 4 is 11.9 Å². The molecule has 4 N–H and O–H groups in total. The molecular formula is C10H19N5O2. The average molecular weight is 241 g/mol. The third-order valence-electron chi connectivity index (χ3n) is 2.14. The van der Waals surface area contributed by atoms with Crippen molar-refractivity contribution in [2.24, 2.45) is 5.92 Å². The summed E-state index contributed by atoms with van der Waals surface area (Å²) in [5.74, 6) is 0.312. The number of aromatic nitrogens is 3. The smallest absolute Gasteiger partial charge is 0.241 e. The lowest BCUT2D eigenvalue weighted by Crippen LogP contribution is -2.35. The highest BCUT2D eigenvalue weighted by molar-refractivity contribution is 5.75. The Labute approximate surface area is 100 Å². The fraction of sp³-hybridized carbons (Fsp3) is 0.700. The lowest BCUT2D eigenvalue weighted by molar-refractivity contribution is -0.122. The molecule has 7 heteroatoms. The van der Waals surface area contributed by atoms with Crippen molar-refractivity contribution in [1.29, 1.82) is 0 Å². The molecule has 1 aromatic heterocycles. The highest BCUT2D eigenvalue weighted by Crippen LogP contribution is 2.03. The SMILES string of the molecule is CC(C)CC(O)CNC(=O)Cn1cnc(N)n1. The van der Waals surface area contributed by atoms with Crippen molar-refractivity contribution in [2.75, 3.05) is 12.3 Å². The molecule has 1 unspecified atom stereocenters. The Balaban J connectivity index is 2.26. The summed E-state index contributed by atoms with van der Waals surface area (Å²) >= 11 is 0. The number of nitrogens with one attached hydrogen (secondary N) is 1. The zero-order chi connectivity index (χ0) is 12.8. The molecule has 0 aliphatic heterocycles. The van der Waals surface area contributed by atoms with Crippen LogP contribution < -0.4 is 11.1 Å². The van der Waals surface area contributed by atoms with Crippen LogP contribution in [-0.2, 0) is 11.3 Å². The van der Waals surface area contributed by atoms with Gasteiger partial charge in [0, 0.05) is 6.54 Å². The molecule has 1 rings (SSSR count). The number of aliphatic hydroxyl groups excluding tert-OH is 1. The van der Waals surface area contributed by atoms with Gasteiger partial charge in [-0.2, -0.15) is 0 Å². The van der Waals surface area contributed by atoms with E-state index in [1.54, 1.807) is 0 Å². The van der Waals surface area contributed by atoms with Crippen LogP contribution in [0.25, 0.3) is 0 Å². The van der Waals surface area contributed by atoms with Gasteiger partial charge in [-0.15, -0.1) is 5.10 Å². The Morgan fingerprint density at radius 2 is 2.35 bits per heavy atom. The first-order chi connectivity index (χ1) is 7.97. The maximum Gasteiger partial charge on any atom is 0.241 e. The largest absolute Gasteiger partial charge is 0.391 e. The van der Waals surface area contributed by atoms with Crippen molar-refractivity contribution in [1.82, 2.24) is 20.1 Å². The van der Waals surface area contributed by atoms with E-state index in [9.17, 15) is 9.90 Å². The summed E-state index contributed by atoms with van der Waals surface area (Å²) in [5.41, 5.74) is 5.32. The maximum absolute atomic E-state index is 11.5. The molecule has 7 nitrogen and oxygen atoms in total. The minimum atomic E-state index is -0.514. The van der Waals surface area contributed by atoms with Gasteiger partial charge in [-0.1, -0.05) is 13.8 Å². The van der Waals surface area contributed by atoms with Crippen LogP contribution in [0.2, 0.25) is 0 Å². The number of amides is 1. The van der Waals surface area contributed by atoms with E-state index in [4.69, 9.17) is 5.73 Å². The molecule has 1 aromatic rings. The van der Waals surface area contributed by atoms with Crippen LogP contribution in [0.5, 0.6) is 0 Å². The minimum absolute atomic E-state index is 0.0542. The third kappa shape index (κ3) is 5.30. The van der Waals surface area contributed by atoms with Crippen molar-refractivity contribution in [3.05, 3.63) is 6.33 Å². The molecule has 0 fully saturated rings. The monoisotopic (exact) mass is 241 g/mol. The summed E-state index contributed by atoms with van der Waals surface area (Å²) in [6, 6.07) is 0. The zero-order valence-electron chi connectivity index (χ0n) is 10.1. The Kier molecular flexibility index (Phi) is 4.89. The van der Waals surface area contributed by atoms with E-state index in [1.165, 1.54) is 11.0 Å². The zero-order valence-corrected chi connectivity index (χ0v) is 10.1. The van der Waals surface area contributed by atoms with Gasteiger partial charge in [-0.25, -0.2) is 9.67 Å². The number of anilines is 1. The molecule has 17 heavy (non-hydrogen) atoms. The Morgan fingerprint density at radius 3 is 2.88 bits per heavy atom. The molecule has 0 bridgehead atoms. The fourth-order valence-corrected chi connectivity index (χ4v) is 1.45. The first-order valence-corrected chi connectivity index (χ1v) is 5.57. The molecule has 0 saturated carbocycles. The van der Waals surface area contributed by atoms with E-state index in [0.29, 0.717) is 12.3 Å². The van der Waals surface area contributed by atoms with Crippen LogP contribution in [-0.4, -0.2) is 38.4 Å². The van der Waals surface area contributed by atoms with E-state index in [2.05, 4.69) is 15.4 Å². The molecule has 96 valence electrons. The second kappa shape index (κ2) is 6.19. The summed E-state index contributed by atoms with van der Waals surface area (Å²) in [6.07, 6.45) is 1.54. The number of hydrogen-bond donors (Lipinski definition) is 3. The van der Waals surface area contributed by atoms with E-state index >= 15 is 0 Å². The van der Waals surface area contributed by atoms with Gasteiger partial charge in [0.2, 0.25) is 11.9 Å². The van der Waals surface area contributed by atoms with E-state index in [0.717, 1.165) is 0 Å². The molecule has 0 aromatic carbocycles. The highest BCUT2D eigenvalue weighted by atomic mass is 16.3. The van der Waals surface area contributed by atoms with Gasteiger partial charge < -0.3 is 16.2 Å². The fourth-order valence-electron chi connectivity index (χ4n) is 1.45. The molecular weight excluding hydrogens is 222 g/mol. The van der Waals surface area contributed by atoms with Gasteiger partial charge in [0.25, 0.3) is 0 Å². The molecule has 1 atom stereocenters. The second-order valence-corrected chi connectivity index (χ2v) is 4.39. The van der Waals surface area contributed by atoms with E-state index in [1.807, 2.05) is 13.8 Å². The number of nitrogens with zero attached hydrogens (tertiary/aromatic N) is 3. The number of hydrogen-bond acceptors (Lipinski definition) is 5. The number of aliphatic hydroxyl groups is 1. The van der Waals surface area contributed by atoms with Crippen molar-refractivity contribution in [2.45, 2.75) is 32.9 Å². The molecule has 1 amide bonds. The average Bonchev–Trinajstić information content (AvgIpc) is 2.60. The normalized spacial score (nSPS) is 12.7. The number of carbonyl (C=O) groups is 1. The number of carbonyl (C=O) groups excluding carboxylic acids is 1. The van der Waals surface area contributed by atoms with Crippen molar-refractivity contribution in [3.8, 4) is 0 Å².